The van der Waals surface area contributed by atoms with E-state index in [9.17, 15) is 8.42 Å². The molecule has 0 N–H and O–H groups in total. The van der Waals surface area contributed by atoms with Crippen molar-refractivity contribution >= 4 is 21.4 Å². The first-order valence-corrected chi connectivity index (χ1v) is 7.99. The number of ether oxygens (including phenoxy) is 1. The molecule has 6 heteroatoms. The molecule has 100 valence electrons. The van der Waals surface area contributed by atoms with Gasteiger partial charge in [0.15, 0.2) is 9.84 Å². The number of nitrogens with zero attached hydrogens (tertiary/aromatic N) is 1. The zero-order chi connectivity index (χ0) is 13.2. The lowest BCUT2D eigenvalue weighted by molar-refractivity contribution is 0.0991. The highest BCUT2D eigenvalue weighted by molar-refractivity contribution is 7.91. The van der Waals surface area contributed by atoms with Gasteiger partial charge in [0.25, 0.3) is 0 Å². The molecule has 0 bridgehead atoms. The molecule has 1 unspecified atom stereocenters. The van der Waals surface area contributed by atoms with Crippen LogP contribution in [0.4, 0.5) is 0 Å². The predicted molar refractivity (Wildman–Crippen MR) is 70.4 cm³/mol. The van der Waals surface area contributed by atoms with Gasteiger partial charge in [0, 0.05) is 12.3 Å². The van der Waals surface area contributed by atoms with Gasteiger partial charge < -0.3 is 4.74 Å². The first kappa shape index (κ1) is 13.8. The lowest BCUT2D eigenvalue weighted by atomic mass is 10.2. The summed E-state index contributed by atoms with van der Waals surface area (Å²) in [6.45, 7) is 2.76. The fraction of sp³-hybridized carbons (Fsp3) is 0.583. The van der Waals surface area contributed by atoms with Crippen molar-refractivity contribution in [3.8, 4) is 0 Å². The van der Waals surface area contributed by atoms with E-state index in [1.807, 2.05) is 0 Å². The summed E-state index contributed by atoms with van der Waals surface area (Å²) in [6.07, 6.45) is 1.49. The van der Waals surface area contributed by atoms with Crippen molar-refractivity contribution in [1.29, 1.82) is 0 Å². The van der Waals surface area contributed by atoms with Crippen LogP contribution >= 0.6 is 11.6 Å². The summed E-state index contributed by atoms with van der Waals surface area (Å²) in [5, 5.41) is -0.0569. The van der Waals surface area contributed by atoms with E-state index in [2.05, 4.69) is 4.98 Å². The molecule has 0 amide bonds. The minimum absolute atomic E-state index is 0.00407. The van der Waals surface area contributed by atoms with Gasteiger partial charge in [0.1, 0.15) is 5.15 Å². The van der Waals surface area contributed by atoms with Gasteiger partial charge in [-0.05, 0) is 37.5 Å². The summed E-state index contributed by atoms with van der Waals surface area (Å²) in [6, 6.07) is 3.36. The SMILES string of the molecule is Cc1cc(CS(=O)(=O)C2CCCOC2)cc(Cl)n1. The molecule has 0 aromatic carbocycles. The highest BCUT2D eigenvalue weighted by atomic mass is 35.5. The third kappa shape index (κ3) is 3.43. The van der Waals surface area contributed by atoms with Crippen LogP contribution in [0.15, 0.2) is 12.1 Å². The Labute approximate surface area is 112 Å². The summed E-state index contributed by atoms with van der Waals surface area (Å²) in [5.74, 6) is 0.00407. The maximum Gasteiger partial charge on any atom is 0.159 e. The summed E-state index contributed by atoms with van der Waals surface area (Å²) in [5.41, 5.74) is 1.42. The van der Waals surface area contributed by atoms with Crippen molar-refractivity contribution in [2.75, 3.05) is 13.2 Å². The van der Waals surface area contributed by atoms with Crippen molar-refractivity contribution in [3.63, 3.8) is 0 Å². The van der Waals surface area contributed by atoms with E-state index in [0.717, 1.165) is 12.1 Å². The zero-order valence-electron chi connectivity index (χ0n) is 10.2. The van der Waals surface area contributed by atoms with Crippen LogP contribution in [0.25, 0.3) is 0 Å². The van der Waals surface area contributed by atoms with E-state index in [1.165, 1.54) is 0 Å². The second-order valence-electron chi connectivity index (χ2n) is 4.59. The van der Waals surface area contributed by atoms with Gasteiger partial charge in [-0.3, -0.25) is 0 Å². The van der Waals surface area contributed by atoms with E-state index in [0.29, 0.717) is 30.4 Å². The molecule has 0 aliphatic carbocycles. The molecule has 1 aromatic rings. The van der Waals surface area contributed by atoms with E-state index in [4.69, 9.17) is 16.3 Å². The van der Waals surface area contributed by atoms with Crippen LogP contribution < -0.4 is 0 Å². The number of hydrogen-bond acceptors (Lipinski definition) is 4. The Hall–Kier alpha value is -0.650. The number of pyridine rings is 1. The molecule has 0 radical (unpaired) electrons. The normalized spacial score (nSPS) is 20.9. The van der Waals surface area contributed by atoms with Crippen LogP contribution in [-0.2, 0) is 20.3 Å². The second kappa shape index (κ2) is 5.55. The molecule has 1 atom stereocenters. The van der Waals surface area contributed by atoms with Crippen LogP contribution in [0.5, 0.6) is 0 Å². The van der Waals surface area contributed by atoms with Gasteiger partial charge in [0.2, 0.25) is 0 Å². The zero-order valence-corrected chi connectivity index (χ0v) is 11.8. The van der Waals surface area contributed by atoms with Crippen molar-refractivity contribution in [3.05, 3.63) is 28.5 Å². The van der Waals surface area contributed by atoms with Crippen molar-refractivity contribution < 1.29 is 13.2 Å². The van der Waals surface area contributed by atoms with E-state index in [-0.39, 0.29) is 5.75 Å². The van der Waals surface area contributed by atoms with Crippen molar-refractivity contribution in [2.24, 2.45) is 0 Å². The number of halogens is 1. The van der Waals surface area contributed by atoms with Gasteiger partial charge in [-0.25, -0.2) is 13.4 Å². The Balaban J connectivity index is 2.16. The third-order valence-corrected chi connectivity index (χ3v) is 5.29. The van der Waals surface area contributed by atoms with E-state index >= 15 is 0 Å². The third-order valence-electron chi connectivity index (χ3n) is 2.98. The molecule has 0 spiro atoms. The number of hydrogen-bond donors (Lipinski definition) is 0. The maximum absolute atomic E-state index is 12.2. The molecule has 1 aliphatic rings. The molecule has 1 saturated heterocycles. The topological polar surface area (TPSA) is 56.3 Å². The molecular formula is C12H16ClNO3S. The van der Waals surface area contributed by atoms with Gasteiger partial charge in [0.05, 0.1) is 17.6 Å². The molecule has 2 heterocycles. The Kier molecular flexibility index (Phi) is 4.25. The van der Waals surface area contributed by atoms with Crippen molar-refractivity contribution in [2.45, 2.75) is 30.8 Å². The van der Waals surface area contributed by atoms with E-state index in [1.54, 1.807) is 19.1 Å². The monoisotopic (exact) mass is 289 g/mol. The lowest BCUT2D eigenvalue weighted by Gasteiger charge is -2.22. The first-order chi connectivity index (χ1) is 8.47. The quantitative estimate of drug-likeness (QED) is 0.800. The molecule has 4 nitrogen and oxygen atoms in total. The molecule has 0 saturated carbocycles. The minimum Gasteiger partial charge on any atom is -0.380 e. The van der Waals surface area contributed by atoms with Gasteiger partial charge in [-0.15, -0.1) is 0 Å². The standard InChI is InChI=1S/C12H16ClNO3S/c1-9-5-10(6-12(13)14-9)8-18(15,16)11-3-2-4-17-7-11/h5-6,11H,2-4,7-8H2,1H3. The van der Waals surface area contributed by atoms with Gasteiger partial charge in [-0.1, -0.05) is 11.6 Å². The van der Waals surface area contributed by atoms with Crippen LogP contribution in [0.1, 0.15) is 24.1 Å². The summed E-state index contributed by atoms with van der Waals surface area (Å²) in [7, 11) is -3.18. The molecule has 18 heavy (non-hydrogen) atoms. The lowest BCUT2D eigenvalue weighted by Crippen LogP contribution is -2.31. The molecule has 1 aromatic heterocycles. The molecule has 1 fully saturated rings. The number of aromatic nitrogens is 1. The summed E-state index contributed by atoms with van der Waals surface area (Å²) >= 11 is 5.83. The van der Waals surface area contributed by atoms with E-state index < -0.39 is 15.1 Å². The van der Waals surface area contributed by atoms with Crippen molar-refractivity contribution in [1.82, 2.24) is 4.98 Å². The van der Waals surface area contributed by atoms with Crippen LogP contribution in [0.3, 0.4) is 0 Å². The highest BCUT2D eigenvalue weighted by Gasteiger charge is 2.28. The number of sulfone groups is 1. The van der Waals surface area contributed by atoms with Crippen LogP contribution in [0, 0.1) is 6.92 Å². The highest BCUT2D eigenvalue weighted by Crippen LogP contribution is 2.20. The van der Waals surface area contributed by atoms with Gasteiger partial charge >= 0.3 is 0 Å². The second-order valence-corrected chi connectivity index (χ2v) is 7.25. The molecule has 2 rings (SSSR count). The Morgan fingerprint density at radius 3 is 2.89 bits per heavy atom. The van der Waals surface area contributed by atoms with Crippen LogP contribution in [0.2, 0.25) is 5.15 Å². The maximum atomic E-state index is 12.2. The Bertz CT molecular complexity index is 504. The Morgan fingerprint density at radius 1 is 1.50 bits per heavy atom. The number of rotatable bonds is 3. The first-order valence-electron chi connectivity index (χ1n) is 5.90. The smallest absolute Gasteiger partial charge is 0.159 e. The Morgan fingerprint density at radius 2 is 2.28 bits per heavy atom. The molecular weight excluding hydrogens is 274 g/mol. The van der Waals surface area contributed by atoms with Gasteiger partial charge in [-0.2, -0.15) is 0 Å². The fourth-order valence-electron chi connectivity index (χ4n) is 2.12. The largest absolute Gasteiger partial charge is 0.380 e. The summed E-state index contributed by atoms with van der Waals surface area (Å²) in [4.78, 5) is 4.02. The van der Waals surface area contributed by atoms with Crippen LogP contribution in [-0.4, -0.2) is 31.9 Å². The fourth-order valence-corrected chi connectivity index (χ4v) is 4.09. The number of aryl methyl sites for hydroxylation is 1. The average molecular weight is 290 g/mol. The summed E-state index contributed by atoms with van der Waals surface area (Å²) < 4.78 is 29.7. The predicted octanol–water partition coefficient (Wildman–Crippen LogP) is 2.14. The molecule has 1 aliphatic heterocycles. The minimum atomic E-state index is -3.18. The average Bonchev–Trinajstić information content (AvgIpc) is 2.28.